The quantitative estimate of drug-likeness (QED) is 0.600. The maximum absolute atomic E-state index is 14.0. The highest BCUT2D eigenvalue weighted by atomic mass is 16.3. The summed E-state index contributed by atoms with van der Waals surface area (Å²) in [5.74, 6) is 0.0218. The number of hydrogen-bond acceptors (Lipinski definition) is 6. The van der Waals surface area contributed by atoms with Crippen molar-refractivity contribution in [2.24, 2.45) is 5.41 Å². The van der Waals surface area contributed by atoms with E-state index in [0.29, 0.717) is 12.0 Å². The molecule has 2 N–H and O–H groups in total. The molecular weight excluding hydrogens is 482 g/mol. The lowest BCUT2D eigenvalue weighted by atomic mass is 9.85. The van der Waals surface area contributed by atoms with Gasteiger partial charge in [0.25, 0.3) is 0 Å². The predicted octanol–water partition coefficient (Wildman–Crippen LogP) is 3.21. The zero-order valence-electron chi connectivity index (χ0n) is 22.8. The maximum Gasteiger partial charge on any atom is 0.248 e. The van der Waals surface area contributed by atoms with Gasteiger partial charge in [-0.2, -0.15) is 5.10 Å². The van der Waals surface area contributed by atoms with Crippen molar-refractivity contribution < 1.29 is 14.7 Å². The number of nitrogens with zero attached hydrogens (tertiary/aromatic N) is 6. The van der Waals surface area contributed by atoms with Gasteiger partial charge in [-0.25, -0.2) is 4.68 Å². The van der Waals surface area contributed by atoms with Crippen LogP contribution in [0.2, 0.25) is 0 Å². The normalized spacial score (nSPS) is 26.9. The van der Waals surface area contributed by atoms with Gasteiger partial charge in [-0.05, 0) is 55.9 Å². The van der Waals surface area contributed by atoms with Gasteiger partial charge < -0.3 is 15.3 Å². The number of rotatable bonds is 6. The number of β-amino-alcohol motifs (C(OH)–C–C–N with tert-alkyl or cyclic N) is 1. The highest BCUT2D eigenvalue weighted by molar-refractivity contribution is 5.90. The number of likely N-dealkylation sites (tertiary alicyclic amines) is 1. The SMILES string of the molecule is CC(C)(C)[C@@H](C(=O)N1C[C@H](O)C[C@H]1C(=O)NC1CCCc2cn(C3CCCC3)nc21)n1cc(C2CC2)nn1. The second-order valence-electron chi connectivity index (χ2n) is 13.0. The lowest BCUT2D eigenvalue weighted by molar-refractivity contribution is -0.144. The van der Waals surface area contributed by atoms with Crippen molar-refractivity contribution in [2.45, 2.75) is 121 Å². The fraction of sp³-hybridized carbons (Fsp3) is 0.750. The van der Waals surface area contributed by atoms with Crippen molar-refractivity contribution in [3.05, 3.63) is 29.3 Å². The van der Waals surface area contributed by atoms with E-state index in [0.717, 1.165) is 56.3 Å². The number of aliphatic hydroxyl groups excluding tert-OH is 1. The van der Waals surface area contributed by atoms with E-state index < -0.39 is 23.6 Å². The summed E-state index contributed by atoms with van der Waals surface area (Å²) in [5.41, 5.74) is 2.66. The van der Waals surface area contributed by atoms with E-state index in [1.807, 2.05) is 27.0 Å². The fourth-order valence-corrected chi connectivity index (χ4v) is 6.65. The van der Waals surface area contributed by atoms with Crippen molar-refractivity contribution in [1.29, 1.82) is 0 Å². The standard InChI is InChI=1S/C28H41N7O3/c1-28(2,3)25(35-16-22(30-32-35)17-11-12-17)27(38)33-15-20(36)13-23(33)26(37)29-21-10-6-7-18-14-34(31-24(18)21)19-8-4-5-9-19/h14,16-17,19-21,23,25,36H,4-13,15H2,1-3H3,(H,29,37)/t20-,21?,23+,25-/m1/s1. The van der Waals surface area contributed by atoms with E-state index >= 15 is 0 Å². The number of amides is 2. The van der Waals surface area contributed by atoms with Gasteiger partial charge >= 0.3 is 0 Å². The van der Waals surface area contributed by atoms with E-state index in [-0.39, 0.29) is 30.8 Å². The van der Waals surface area contributed by atoms with Gasteiger partial charge in [-0.15, -0.1) is 5.10 Å². The molecule has 0 aromatic carbocycles. The molecule has 0 spiro atoms. The summed E-state index contributed by atoms with van der Waals surface area (Å²) in [7, 11) is 0. The van der Waals surface area contributed by atoms with E-state index in [1.165, 1.54) is 18.4 Å². The first-order valence-corrected chi connectivity index (χ1v) is 14.5. The summed E-state index contributed by atoms with van der Waals surface area (Å²) in [6, 6.07) is -1.05. The molecule has 4 atom stereocenters. The molecule has 10 heteroatoms. The molecule has 1 aliphatic heterocycles. The Labute approximate surface area is 224 Å². The molecule has 206 valence electrons. The van der Waals surface area contributed by atoms with Gasteiger partial charge in [-0.1, -0.05) is 38.8 Å². The van der Waals surface area contributed by atoms with Gasteiger partial charge in [0.15, 0.2) is 0 Å². The van der Waals surface area contributed by atoms with Crippen LogP contribution in [-0.4, -0.2) is 65.3 Å². The van der Waals surface area contributed by atoms with Crippen molar-refractivity contribution >= 4 is 11.8 Å². The first-order chi connectivity index (χ1) is 18.2. The van der Waals surface area contributed by atoms with Crippen LogP contribution in [0.1, 0.15) is 120 Å². The Balaban J connectivity index is 1.20. The number of carbonyl (C=O) groups is 2. The minimum atomic E-state index is -0.739. The van der Waals surface area contributed by atoms with Gasteiger partial charge in [0.1, 0.15) is 12.1 Å². The molecule has 2 amide bonds. The second kappa shape index (κ2) is 9.77. The lowest BCUT2D eigenvalue weighted by Gasteiger charge is -2.35. The zero-order chi connectivity index (χ0) is 26.6. The van der Waals surface area contributed by atoms with Gasteiger partial charge in [0.2, 0.25) is 11.8 Å². The first-order valence-electron chi connectivity index (χ1n) is 14.5. The summed E-state index contributed by atoms with van der Waals surface area (Å²) in [6.07, 6.45) is 13.4. The van der Waals surface area contributed by atoms with E-state index in [1.54, 1.807) is 9.58 Å². The predicted molar refractivity (Wildman–Crippen MR) is 140 cm³/mol. The van der Waals surface area contributed by atoms with Crippen LogP contribution < -0.4 is 5.32 Å². The maximum atomic E-state index is 14.0. The third-order valence-electron chi connectivity index (χ3n) is 8.83. The third kappa shape index (κ3) is 4.87. The second-order valence-corrected chi connectivity index (χ2v) is 13.0. The Morgan fingerprint density at radius 2 is 1.84 bits per heavy atom. The number of hydrogen-bond donors (Lipinski definition) is 2. The van der Waals surface area contributed by atoms with Crippen LogP contribution in [0.5, 0.6) is 0 Å². The topological polar surface area (TPSA) is 118 Å². The molecule has 0 radical (unpaired) electrons. The number of aliphatic hydroxyl groups is 1. The number of aryl methyl sites for hydroxylation is 1. The van der Waals surface area contributed by atoms with Gasteiger partial charge in [0.05, 0.1) is 29.6 Å². The minimum absolute atomic E-state index is 0.139. The molecule has 1 saturated heterocycles. The van der Waals surface area contributed by atoms with E-state index in [4.69, 9.17) is 5.10 Å². The number of fused-ring (bicyclic) bond motifs is 1. The van der Waals surface area contributed by atoms with Crippen molar-refractivity contribution in [1.82, 2.24) is 35.0 Å². The molecular formula is C28H41N7O3. The Kier molecular flexibility index (Phi) is 6.56. The summed E-state index contributed by atoms with van der Waals surface area (Å²) < 4.78 is 3.79. The lowest BCUT2D eigenvalue weighted by Crippen LogP contribution is -2.51. The average Bonchev–Trinajstić information content (AvgIpc) is 3.30. The third-order valence-corrected chi connectivity index (χ3v) is 8.83. The molecule has 2 aromatic heterocycles. The molecule has 1 unspecified atom stereocenters. The van der Waals surface area contributed by atoms with E-state index in [2.05, 4.69) is 26.5 Å². The Bertz CT molecular complexity index is 1190. The Morgan fingerprint density at radius 3 is 2.55 bits per heavy atom. The molecule has 3 fully saturated rings. The van der Waals surface area contributed by atoms with Crippen molar-refractivity contribution in [3.8, 4) is 0 Å². The Hall–Kier alpha value is -2.75. The van der Waals surface area contributed by atoms with Gasteiger partial charge in [0, 0.05) is 31.3 Å². The highest BCUT2D eigenvalue weighted by Gasteiger charge is 2.46. The molecule has 3 heterocycles. The first kappa shape index (κ1) is 25.5. The zero-order valence-corrected chi connectivity index (χ0v) is 22.8. The molecule has 2 aromatic rings. The largest absolute Gasteiger partial charge is 0.391 e. The molecule has 0 bridgehead atoms. The monoisotopic (exact) mass is 523 g/mol. The molecule has 4 aliphatic rings. The average molecular weight is 524 g/mol. The van der Waals surface area contributed by atoms with Crippen LogP contribution in [0.25, 0.3) is 0 Å². The summed E-state index contributed by atoms with van der Waals surface area (Å²) in [6.45, 7) is 6.14. The van der Waals surface area contributed by atoms with Crippen LogP contribution in [0, 0.1) is 5.41 Å². The van der Waals surface area contributed by atoms with Crippen molar-refractivity contribution in [3.63, 3.8) is 0 Å². The smallest absolute Gasteiger partial charge is 0.248 e. The van der Waals surface area contributed by atoms with Crippen LogP contribution >= 0.6 is 0 Å². The number of carbonyl (C=O) groups excluding carboxylic acids is 2. The molecule has 38 heavy (non-hydrogen) atoms. The number of aromatic nitrogens is 5. The summed E-state index contributed by atoms with van der Waals surface area (Å²) in [5, 5.41) is 27.4. The highest BCUT2D eigenvalue weighted by Crippen LogP contribution is 2.40. The van der Waals surface area contributed by atoms with Crippen LogP contribution in [0.15, 0.2) is 12.4 Å². The Morgan fingerprint density at radius 1 is 1.08 bits per heavy atom. The van der Waals surface area contributed by atoms with E-state index in [9.17, 15) is 14.7 Å². The molecule has 10 nitrogen and oxygen atoms in total. The molecule has 3 aliphatic carbocycles. The minimum Gasteiger partial charge on any atom is -0.391 e. The van der Waals surface area contributed by atoms with Crippen LogP contribution in [-0.2, 0) is 16.0 Å². The van der Waals surface area contributed by atoms with Crippen molar-refractivity contribution in [2.75, 3.05) is 6.54 Å². The van der Waals surface area contributed by atoms with Crippen LogP contribution in [0.3, 0.4) is 0 Å². The molecule has 6 rings (SSSR count). The molecule has 2 saturated carbocycles. The number of nitrogens with one attached hydrogen (secondary N) is 1. The van der Waals surface area contributed by atoms with Crippen LogP contribution in [0.4, 0.5) is 0 Å². The van der Waals surface area contributed by atoms with Gasteiger partial charge in [-0.3, -0.25) is 14.3 Å². The summed E-state index contributed by atoms with van der Waals surface area (Å²) >= 11 is 0. The summed E-state index contributed by atoms with van der Waals surface area (Å²) in [4.78, 5) is 29.3. The fourth-order valence-electron chi connectivity index (χ4n) is 6.65.